The van der Waals surface area contributed by atoms with E-state index in [1.165, 1.54) is 0 Å². The summed E-state index contributed by atoms with van der Waals surface area (Å²) in [4.78, 5) is 4.81. The number of aryl methyl sites for hydroxylation is 1. The summed E-state index contributed by atoms with van der Waals surface area (Å²) in [5.74, 6) is 0. The first-order valence-corrected chi connectivity index (χ1v) is 15.0. The summed E-state index contributed by atoms with van der Waals surface area (Å²) in [6.45, 7) is 16.6. The Morgan fingerprint density at radius 2 is 1.75 bits per heavy atom. The average molecular weight is 454 g/mol. The first kappa shape index (κ1) is 23.2. The Morgan fingerprint density at radius 3 is 2.34 bits per heavy atom. The zero-order valence-corrected chi connectivity index (χ0v) is 21.6. The molecule has 0 bridgehead atoms. The van der Waals surface area contributed by atoms with Crippen LogP contribution in [-0.2, 0) is 27.8 Å². The Balaban J connectivity index is 1.68. The quantitative estimate of drug-likeness (QED) is 0.398. The van der Waals surface area contributed by atoms with Crippen LogP contribution in [0.4, 0.5) is 0 Å². The van der Waals surface area contributed by atoms with Crippen molar-refractivity contribution in [2.24, 2.45) is 7.05 Å². The van der Waals surface area contributed by atoms with Crippen LogP contribution in [0.1, 0.15) is 27.7 Å². The molecule has 1 aliphatic rings. The fourth-order valence-electron chi connectivity index (χ4n) is 3.73. The van der Waals surface area contributed by atoms with Crippen LogP contribution < -0.4 is 5.46 Å². The first-order valence-electron chi connectivity index (χ1n) is 11.3. The Bertz CT molecular complexity index is 1100. The third kappa shape index (κ3) is 4.57. The molecule has 7 nitrogen and oxygen atoms in total. The van der Waals surface area contributed by atoms with Gasteiger partial charge in [-0.1, -0.05) is 19.6 Å². The second-order valence-corrected chi connectivity index (χ2v) is 16.6. The van der Waals surface area contributed by atoms with E-state index in [9.17, 15) is 0 Å². The molecule has 3 aromatic heterocycles. The molecule has 32 heavy (non-hydrogen) atoms. The van der Waals surface area contributed by atoms with Crippen molar-refractivity contribution >= 4 is 31.7 Å². The minimum atomic E-state index is -1.13. The monoisotopic (exact) mass is 454 g/mol. The average Bonchev–Trinajstić information content (AvgIpc) is 3.32. The SMILES string of the molecule is Cn1cc(-c2cn(COCC[Si](C)(C)C)c3ncc(B4OC(C)(C)C(C)(C)O4)cc23)cn1. The van der Waals surface area contributed by atoms with E-state index in [4.69, 9.17) is 19.0 Å². The molecule has 4 heterocycles. The van der Waals surface area contributed by atoms with Gasteiger partial charge in [-0.15, -0.1) is 0 Å². The summed E-state index contributed by atoms with van der Waals surface area (Å²) >= 11 is 0. The van der Waals surface area contributed by atoms with Crippen molar-refractivity contribution in [3.8, 4) is 11.1 Å². The molecule has 4 rings (SSSR count). The van der Waals surface area contributed by atoms with Gasteiger partial charge in [0.1, 0.15) is 12.4 Å². The highest BCUT2D eigenvalue weighted by atomic mass is 28.3. The third-order valence-electron chi connectivity index (χ3n) is 6.50. The highest BCUT2D eigenvalue weighted by Gasteiger charge is 2.51. The summed E-state index contributed by atoms with van der Waals surface area (Å²) in [5, 5.41) is 5.40. The van der Waals surface area contributed by atoms with Crippen molar-refractivity contribution in [1.29, 1.82) is 0 Å². The van der Waals surface area contributed by atoms with E-state index in [0.717, 1.165) is 40.3 Å². The predicted molar refractivity (Wildman–Crippen MR) is 132 cm³/mol. The van der Waals surface area contributed by atoms with Crippen LogP contribution in [0.2, 0.25) is 25.7 Å². The Kier molecular flexibility index (Phi) is 5.90. The molecule has 0 aromatic carbocycles. The van der Waals surface area contributed by atoms with Crippen molar-refractivity contribution in [1.82, 2.24) is 19.3 Å². The molecule has 0 atom stereocenters. The van der Waals surface area contributed by atoms with Crippen LogP contribution in [0.25, 0.3) is 22.2 Å². The minimum absolute atomic E-state index is 0.394. The number of pyridine rings is 1. The van der Waals surface area contributed by atoms with Gasteiger partial charge >= 0.3 is 7.12 Å². The Labute approximate surface area is 192 Å². The Morgan fingerprint density at radius 1 is 1.06 bits per heavy atom. The summed E-state index contributed by atoms with van der Waals surface area (Å²) in [6, 6.07) is 3.27. The standard InChI is InChI=1S/C23H35BN4O3Si/c1-22(2)23(3,4)31-24(30-22)18-11-19-20(17-12-26-27(5)14-17)15-28(21(19)25-13-18)16-29-9-10-32(6,7)8/h11-15H,9-10,16H2,1-8H3. The zero-order chi connectivity index (χ0) is 23.3. The van der Waals surface area contributed by atoms with E-state index in [1.54, 1.807) is 0 Å². The van der Waals surface area contributed by atoms with Crippen LogP contribution in [0.15, 0.2) is 30.9 Å². The molecule has 0 aliphatic carbocycles. The molecule has 172 valence electrons. The summed E-state index contributed by atoms with van der Waals surface area (Å²) < 4.78 is 22.4. The molecule has 1 aliphatic heterocycles. The lowest BCUT2D eigenvalue weighted by Crippen LogP contribution is -2.41. The van der Waals surface area contributed by atoms with Crippen LogP contribution in [0.3, 0.4) is 0 Å². The number of aromatic nitrogens is 4. The van der Waals surface area contributed by atoms with E-state index in [0.29, 0.717) is 6.73 Å². The van der Waals surface area contributed by atoms with Gasteiger partial charge in [-0.2, -0.15) is 5.10 Å². The molecule has 0 radical (unpaired) electrons. The number of hydrogen-bond acceptors (Lipinski definition) is 5. The van der Waals surface area contributed by atoms with Gasteiger partial charge in [0.05, 0.1) is 17.4 Å². The van der Waals surface area contributed by atoms with Gasteiger partial charge in [0, 0.05) is 62.3 Å². The van der Waals surface area contributed by atoms with E-state index in [1.807, 2.05) is 30.3 Å². The topological polar surface area (TPSA) is 63.3 Å². The highest BCUT2D eigenvalue weighted by Crippen LogP contribution is 2.37. The lowest BCUT2D eigenvalue weighted by molar-refractivity contribution is 0.00578. The van der Waals surface area contributed by atoms with Crippen molar-refractivity contribution in [3.05, 3.63) is 30.9 Å². The highest BCUT2D eigenvalue weighted by molar-refractivity contribution is 6.76. The molecule has 0 unspecified atom stereocenters. The molecule has 0 amide bonds. The van der Waals surface area contributed by atoms with Gasteiger partial charge < -0.3 is 18.6 Å². The maximum absolute atomic E-state index is 6.26. The van der Waals surface area contributed by atoms with Crippen LogP contribution in [0.5, 0.6) is 0 Å². The van der Waals surface area contributed by atoms with E-state index < -0.39 is 26.4 Å². The van der Waals surface area contributed by atoms with Crippen molar-refractivity contribution in [3.63, 3.8) is 0 Å². The predicted octanol–water partition coefficient (Wildman–Crippen LogP) is 4.05. The van der Waals surface area contributed by atoms with Gasteiger partial charge in [-0.3, -0.25) is 4.68 Å². The van der Waals surface area contributed by atoms with Crippen molar-refractivity contribution in [2.45, 2.75) is 71.3 Å². The van der Waals surface area contributed by atoms with Crippen LogP contribution in [-0.4, -0.2) is 52.3 Å². The summed E-state index contributed by atoms with van der Waals surface area (Å²) in [6.07, 6.45) is 7.87. The summed E-state index contributed by atoms with van der Waals surface area (Å²) in [7, 11) is 0.349. The normalized spacial score (nSPS) is 18.1. The van der Waals surface area contributed by atoms with E-state index >= 15 is 0 Å². The number of fused-ring (bicyclic) bond motifs is 1. The Hall–Kier alpha value is -1.94. The lowest BCUT2D eigenvalue weighted by Gasteiger charge is -2.32. The molecular formula is C23H35BN4O3Si. The van der Waals surface area contributed by atoms with Gasteiger partial charge in [0.2, 0.25) is 0 Å². The van der Waals surface area contributed by atoms with Crippen molar-refractivity contribution < 1.29 is 14.0 Å². The fourth-order valence-corrected chi connectivity index (χ4v) is 4.48. The lowest BCUT2D eigenvalue weighted by atomic mass is 9.80. The first-order chi connectivity index (χ1) is 14.9. The summed E-state index contributed by atoms with van der Waals surface area (Å²) in [5.41, 5.74) is 3.14. The van der Waals surface area contributed by atoms with Gasteiger partial charge in [-0.05, 0) is 39.8 Å². The van der Waals surface area contributed by atoms with E-state index in [-0.39, 0.29) is 0 Å². The molecule has 9 heteroatoms. The third-order valence-corrected chi connectivity index (χ3v) is 8.21. The molecule has 0 N–H and O–H groups in total. The molecule has 1 fully saturated rings. The van der Waals surface area contributed by atoms with Crippen LogP contribution in [0, 0.1) is 0 Å². The van der Waals surface area contributed by atoms with Crippen LogP contribution >= 0.6 is 0 Å². The second-order valence-electron chi connectivity index (χ2n) is 11.0. The number of hydrogen-bond donors (Lipinski definition) is 0. The van der Waals surface area contributed by atoms with Gasteiger partial charge in [0.15, 0.2) is 0 Å². The maximum Gasteiger partial charge on any atom is 0.496 e. The largest absolute Gasteiger partial charge is 0.496 e. The van der Waals surface area contributed by atoms with E-state index in [2.05, 4.69) is 69.3 Å². The molecule has 3 aromatic rings. The van der Waals surface area contributed by atoms with Gasteiger partial charge in [0.25, 0.3) is 0 Å². The van der Waals surface area contributed by atoms with Crippen molar-refractivity contribution in [2.75, 3.05) is 6.61 Å². The van der Waals surface area contributed by atoms with Gasteiger partial charge in [-0.25, -0.2) is 4.98 Å². The molecule has 0 spiro atoms. The molecular weight excluding hydrogens is 419 g/mol. The maximum atomic E-state index is 6.26. The minimum Gasteiger partial charge on any atom is -0.399 e. The number of ether oxygens (including phenoxy) is 1. The fraction of sp³-hybridized carbons (Fsp3) is 0.565. The molecule has 0 saturated carbocycles. The number of rotatable bonds is 7. The number of nitrogens with zero attached hydrogens (tertiary/aromatic N) is 4. The zero-order valence-electron chi connectivity index (χ0n) is 20.6. The second kappa shape index (κ2) is 8.13. The smallest absolute Gasteiger partial charge is 0.399 e. The molecule has 1 saturated heterocycles.